The van der Waals surface area contributed by atoms with Gasteiger partial charge in [0.2, 0.25) is 0 Å². The van der Waals surface area contributed by atoms with Crippen molar-refractivity contribution in [1.82, 2.24) is 0 Å². The molecule has 2 N–H and O–H groups in total. The molecule has 0 aromatic heterocycles. The van der Waals surface area contributed by atoms with Crippen LogP contribution in [-0.2, 0) is 9.59 Å². The average Bonchev–Trinajstić information content (AvgIpc) is 2.55. The first-order chi connectivity index (χ1) is 11.0. The zero-order valence-corrected chi connectivity index (χ0v) is 14.2. The number of amides is 2. The Morgan fingerprint density at radius 3 is 2.09 bits per heavy atom. The van der Waals surface area contributed by atoms with Gasteiger partial charge in [0.25, 0.3) is 0 Å². The fourth-order valence-electron chi connectivity index (χ4n) is 2.03. The second kappa shape index (κ2) is 7.83. The maximum Gasteiger partial charge on any atom is 0.314 e. The highest BCUT2D eigenvalue weighted by Gasteiger charge is 2.14. The largest absolute Gasteiger partial charge is 0.318 e. The van der Waals surface area contributed by atoms with E-state index in [0.29, 0.717) is 17.3 Å². The molecule has 0 saturated heterocycles. The van der Waals surface area contributed by atoms with Gasteiger partial charge in [0, 0.05) is 16.3 Å². The molecule has 0 aliphatic rings. The monoisotopic (exact) mass is 328 g/mol. The number of thioether (sulfide) groups is 1. The van der Waals surface area contributed by atoms with Crippen LogP contribution >= 0.6 is 11.8 Å². The summed E-state index contributed by atoms with van der Waals surface area (Å²) >= 11 is 1.57. The summed E-state index contributed by atoms with van der Waals surface area (Å²) < 4.78 is 0. The van der Waals surface area contributed by atoms with Gasteiger partial charge in [-0.3, -0.25) is 9.59 Å². The highest BCUT2D eigenvalue weighted by Crippen LogP contribution is 2.19. The summed E-state index contributed by atoms with van der Waals surface area (Å²) in [6, 6.07) is 14.8. The van der Waals surface area contributed by atoms with Crippen LogP contribution in [0.25, 0.3) is 0 Å². The van der Waals surface area contributed by atoms with Gasteiger partial charge >= 0.3 is 11.8 Å². The third-order valence-electron chi connectivity index (χ3n) is 3.37. The lowest BCUT2D eigenvalue weighted by molar-refractivity contribution is -0.133. The highest BCUT2D eigenvalue weighted by molar-refractivity contribution is 7.98. The van der Waals surface area contributed by atoms with Crippen LogP contribution in [0.3, 0.4) is 0 Å². The van der Waals surface area contributed by atoms with E-state index in [-0.39, 0.29) is 0 Å². The number of carbonyl (C=O) groups excluding carboxylic acids is 2. The molecule has 0 radical (unpaired) electrons. The SMILES string of the molecule is CSc1cccc(NC(=O)C(=O)Nc2ccc(C(C)C)cc2)c1. The number of anilines is 2. The van der Waals surface area contributed by atoms with Crippen LogP contribution in [0.4, 0.5) is 11.4 Å². The first-order valence-electron chi connectivity index (χ1n) is 7.36. The van der Waals surface area contributed by atoms with Gasteiger partial charge in [0.05, 0.1) is 0 Å². The Hall–Kier alpha value is -2.27. The molecule has 2 aromatic carbocycles. The Labute approximate surface area is 140 Å². The fourth-order valence-corrected chi connectivity index (χ4v) is 2.49. The van der Waals surface area contributed by atoms with E-state index in [2.05, 4.69) is 24.5 Å². The standard InChI is InChI=1S/C18H20N2O2S/c1-12(2)13-7-9-14(10-8-13)19-17(21)18(22)20-15-5-4-6-16(11-15)23-3/h4-12H,1-3H3,(H,19,21)(H,20,22). The molecule has 0 fully saturated rings. The minimum atomic E-state index is -0.684. The van der Waals surface area contributed by atoms with Crippen molar-refractivity contribution in [3.05, 3.63) is 54.1 Å². The first kappa shape index (κ1) is 17.1. The minimum absolute atomic E-state index is 0.423. The third kappa shape index (κ3) is 4.86. The predicted octanol–water partition coefficient (Wildman–Crippen LogP) is 4.11. The number of carbonyl (C=O) groups is 2. The molecular formula is C18H20N2O2S. The van der Waals surface area contributed by atoms with Crippen LogP contribution in [-0.4, -0.2) is 18.1 Å². The fraction of sp³-hybridized carbons (Fsp3) is 0.222. The quantitative estimate of drug-likeness (QED) is 0.656. The molecule has 0 spiro atoms. The molecule has 23 heavy (non-hydrogen) atoms. The van der Waals surface area contributed by atoms with E-state index in [1.54, 1.807) is 30.0 Å². The summed E-state index contributed by atoms with van der Waals surface area (Å²) in [5, 5.41) is 5.20. The van der Waals surface area contributed by atoms with Crippen LogP contribution in [0, 0.1) is 0 Å². The highest BCUT2D eigenvalue weighted by atomic mass is 32.2. The van der Waals surface area contributed by atoms with Gasteiger partial charge in [-0.1, -0.05) is 32.0 Å². The van der Waals surface area contributed by atoms with Crippen molar-refractivity contribution < 1.29 is 9.59 Å². The van der Waals surface area contributed by atoms with Gasteiger partial charge in [-0.25, -0.2) is 0 Å². The van der Waals surface area contributed by atoms with Gasteiger partial charge in [0.15, 0.2) is 0 Å². The van der Waals surface area contributed by atoms with E-state index in [9.17, 15) is 9.59 Å². The van der Waals surface area contributed by atoms with Crippen molar-refractivity contribution >= 4 is 35.0 Å². The number of nitrogens with one attached hydrogen (secondary N) is 2. The second-order valence-electron chi connectivity index (χ2n) is 5.42. The lowest BCUT2D eigenvalue weighted by Crippen LogP contribution is -2.29. The summed E-state index contributed by atoms with van der Waals surface area (Å²) in [6.45, 7) is 4.20. The van der Waals surface area contributed by atoms with Crippen LogP contribution in [0.5, 0.6) is 0 Å². The van der Waals surface area contributed by atoms with E-state index >= 15 is 0 Å². The molecule has 0 unspecified atom stereocenters. The Kier molecular flexibility index (Phi) is 5.82. The molecule has 0 aliphatic carbocycles. The molecule has 0 heterocycles. The number of hydrogen-bond donors (Lipinski definition) is 2. The molecule has 0 saturated carbocycles. The normalized spacial score (nSPS) is 10.4. The zero-order valence-electron chi connectivity index (χ0n) is 13.4. The van der Waals surface area contributed by atoms with Crippen LogP contribution in [0.1, 0.15) is 25.3 Å². The zero-order chi connectivity index (χ0) is 16.8. The van der Waals surface area contributed by atoms with E-state index < -0.39 is 11.8 Å². The third-order valence-corrected chi connectivity index (χ3v) is 4.09. The molecule has 2 amide bonds. The van der Waals surface area contributed by atoms with E-state index in [0.717, 1.165) is 4.90 Å². The van der Waals surface area contributed by atoms with Crippen molar-refractivity contribution in [2.45, 2.75) is 24.7 Å². The Bertz CT molecular complexity index is 696. The Morgan fingerprint density at radius 1 is 0.913 bits per heavy atom. The molecule has 0 bridgehead atoms. The van der Waals surface area contributed by atoms with Crippen molar-refractivity contribution in [2.75, 3.05) is 16.9 Å². The Morgan fingerprint density at radius 2 is 1.52 bits per heavy atom. The van der Waals surface area contributed by atoms with Crippen LogP contribution in [0.2, 0.25) is 0 Å². The molecule has 0 atom stereocenters. The van der Waals surface area contributed by atoms with E-state index in [1.807, 2.05) is 36.6 Å². The molecular weight excluding hydrogens is 308 g/mol. The molecule has 120 valence electrons. The first-order valence-corrected chi connectivity index (χ1v) is 8.58. The van der Waals surface area contributed by atoms with Crippen LogP contribution < -0.4 is 10.6 Å². The topological polar surface area (TPSA) is 58.2 Å². The maximum atomic E-state index is 12.0. The van der Waals surface area contributed by atoms with Gasteiger partial charge in [-0.05, 0) is 48.1 Å². The second-order valence-corrected chi connectivity index (χ2v) is 6.30. The maximum absolute atomic E-state index is 12.0. The average molecular weight is 328 g/mol. The number of rotatable bonds is 4. The molecule has 2 rings (SSSR count). The smallest absolute Gasteiger partial charge is 0.314 e. The van der Waals surface area contributed by atoms with Crippen molar-refractivity contribution in [3.8, 4) is 0 Å². The van der Waals surface area contributed by atoms with Gasteiger partial charge in [-0.2, -0.15) is 0 Å². The van der Waals surface area contributed by atoms with Gasteiger partial charge in [-0.15, -0.1) is 11.8 Å². The lowest BCUT2D eigenvalue weighted by atomic mass is 10.0. The van der Waals surface area contributed by atoms with Gasteiger partial charge in [0.1, 0.15) is 0 Å². The summed E-state index contributed by atoms with van der Waals surface area (Å²) in [7, 11) is 0. The van der Waals surface area contributed by atoms with Crippen molar-refractivity contribution in [1.29, 1.82) is 0 Å². The van der Waals surface area contributed by atoms with Gasteiger partial charge < -0.3 is 10.6 Å². The number of benzene rings is 2. The van der Waals surface area contributed by atoms with Crippen molar-refractivity contribution in [3.63, 3.8) is 0 Å². The summed E-state index contributed by atoms with van der Waals surface area (Å²) in [4.78, 5) is 24.9. The summed E-state index contributed by atoms with van der Waals surface area (Å²) in [6.07, 6.45) is 1.95. The Balaban J connectivity index is 1.98. The summed E-state index contributed by atoms with van der Waals surface area (Å²) in [5.74, 6) is -0.945. The molecule has 4 nitrogen and oxygen atoms in total. The molecule has 0 aliphatic heterocycles. The van der Waals surface area contributed by atoms with Crippen LogP contribution in [0.15, 0.2) is 53.4 Å². The number of hydrogen-bond acceptors (Lipinski definition) is 3. The summed E-state index contributed by atoms with van der Waals surface area (Å²) in [5.41, 5.74) is 2.39. The van der Waals surface area contributed by atoms with E-state index in [1.165, 1.54) is 5.56 Å². The molecule has 2 aromatic rings. The van der Waals surface area contributed by atoms with E-state index in [4.69, 9.17) is 0 Å². The minimum Gasteiger partial charge on any atom is -0.318 e. The molecule has 5 heteroatoms. The predicted molar refractivity (Wildman–Crippen MR) is 96.0 cm³/mol. The van der Waals surface area contributed by atoms with Crippen molar-refractivity contribution in [2.24, 2.45) is 0 Å². The lowest BCUT2D eigenvalue weighted by Gasteiger charge is -2.09.